The third-order valence-electron chi connectivity index (χ3n) is 2.23. The van der Waals surface area contributed by atoms with Gasteiger partial charge in [-0.05, 0) is 22.9 Å². The van der Waals surface area contributed by atoms with Crippen LogP contribution in [0, 0.1) is 6.92 Å². The van der Waals surface area contributed by atoms with Crippen molar-refractivity contribution in [1.29, 1.82) is 0 Å². The van der Waals surface area contributed by atoms with Gasteiger partial charge in [0, 0.05) is 13.5 Å². The van der Waals surface area contributed by atoms with E-state index in [1.165, 1.54) is 0 Å². The van der Waals surface area contributed by atoms with Gasteiger partial charge in [0.15, 0.2) is 0 Å². The van der Waals surface area contributed by atoms with E-state index < -0.39 is 12.0 Å². The largest absolute Gasteiger partial charge is 0.480 e. The summed E-state index contributed by atoms with van der Waals surface area (Å²) < 4.78 is 2.37. The number of carbonyl (C=O) groups is 2. The molecule has 1 atom stereocenters. The van der Waals surface area contributed by atoms with Crippen molar-refractivity contribution in [1.82, 2.24) is 15.1 Å². The van der Waals surface area contributed by atoms with E-state index in [1.807, 2.05) is 6.92 Å². The highest BCUT2D eigenvalue weighted by atomic mass is 79.9. The lowest BCUT2D eigenvalue weighted by molar-refractivity contribution is -0.140. The predicted molar refractivity (Wildman–Crippen MR) is 60.0 cm³/mol. The highest BCUT2D eigenvalue weighted by molar-refractivity contribution is 9.10. The Bertz CT molecular complexity index is 416. The van der Waals surface area contributed by atoms with Crippen molar-refractivity contribution in [3.8, 4) is 0 Å². The van der Waals surface area contributed by atoms with E-state index in [4.69, 9.17) is 5.11 Å². The molecule has 0 saturated carbocycles. The summed E-state index contributed by atoms with van der Waals surface area (Å²) in [6.07, 6.45) is 0.571. The quantitative estimate of drug-likeness (QED) is 0.760. The van der Waals surface area contributed by atoms with Crippen molar-refractivity contribution in [2.75, 3.05) is 0 Å². The van der Waals surface area contributed by atoms with Crippen LogP contribution in [-0.2, 0) is 23.1 Å². The van der Waals surface area contributed by atoms with E-state index in [0.717, 1.165) is 15.9 Å². The number of aromatic nitrogens is 2. The van der Waals surface area contributed by atoms with Crippen LogP contribution in [-0.4, -0.2) is 33.3 Å². The number of hydrogen-bond donors (Lipinski definition) is 2. The number of rotatable bonds is 5. The Morgan fingerprint density at radius 2 is 2.38 bits per heavy atom. The van der Waals surface area contributed by atoms with Crippen molar-refractivity contribution in [2.45, 2.75) is 19.4 Å². The summed E-state index contributed by atoms with van der Waals surface area (Å²) in [7, 11) is 1.73. The molecule has 0 aliphatic rings. The number of halogens is 1. The molecule has 0 radical (unpaired) electrons. The molecule has 0 spiro atoms. The number of hydrogen-bond acceptors (Lipinski definition) is 3. The predicted octanol–water partition coefficient (Wildman–Crippen LogP) is 0.233. The minimum atomic E-state index is -1.07. The number of amides is 1. The SMILES string of the molecule is Cc1nn(C)c(CC(NC=O)C(=O)O)c1Br. The van der Waals surface area contributed by atoms with Crippen molar-refractivity contribution in [2.24, 2.45) is 7.05 Å². The number of carboxylic acid groups (broad SMARTS) is 1. The molecule has 0 aromatic carbocycles. The molecule has 88 valence electrons. The Balaban J connectivity index is 2.93. The first-order valence-electron chi connectivity index (χ1n) is 4.57. The van der Waals surface area contributed by atoms with Crippen LogP contribution in [0.1, 0.15) is 11.4 Å². The molecule has 2 N–H and O–H groups in total. The molecule has 7 heteroatoms. The fourth-order valence-corrected chi connectivity index (χ4v) is 1.89. The van der Waals surface area contributed by atoms with Gasteiger partial charge in [0.25, 0.3) is 0 Å². The molecule has 1 aromatic rings. The van der Waals surface area contributed by atoms with Gasteiger partial charge in [-0.25, -0.2) is 4.79 Å². The molecule has 1 aromatic heterocycles. The van der Waals surface area contributed by atoms with Crippen LogP contribution in [0.5, 0.6) is 0 Å². The molecule has 16 heavy (non-hydrogen) atoms. The first-order chi connectivity index (χ1) is 7.47. The van der Waals surface area contributed by atoms with Crippen LogP contribution >= 0.6 is 15.9 Å². The van der Waals surface area contributed by atoms with Gasteiger partial charge in [0.05, 0.1) is 15.9 Å². The molecular weight excluding hydrogens is 278 g/mol. The smallest absolute Gasteiger partial charge is 0.326 e. The zero-order valence-corrected chi connectivity index (χ0v) is 10.5. The van der Waals surface area contributed by atoms with Gasteiger partial charge in [-0.2, -0.15) is 5.10 Å². The molecule has 1 rings (SSSR count). The molecule has 0 fully saturated rings. The molecular formula is C9H12BrN3O3. The second-order valence-electron chi connectivity index (χ2n) is 3.35. The van der Waals surface area contributed by atoms with Crippen molar-refractivity contribution in [3.63, 3.8) is 0 Å². The summed E-state index contributed by atoms with van der Waals surface area (Å²) in [6.45, 7) is 1.82. The minimum Gasteiger partial charge on any atom is -0.480 e. The number of nitrogens with one attached hydrogen (secondary N) is 1. The highest BCUT2D eigenvalue weighted by Gasteiger charge is 2.21. The number of carboxylic acids is 1. The van der Waals surface area contributed by atoms with Crippen molar-refractivity contribution < 1.29 is 14.7 Å². The highest BCUT2D eigenvalue weighted by Crippen LogP contribution is 2.21. The fourth-order valence-electron chi connectivity index (χ4n) is 1.39. The van der Waals surface area contributed by atoms with Gasteiger partial charge >= 0.3 is 5.97 Å². The van der Waals surface area contributed by atoms with Crippen LogP contribution in [0.25, 0.3) is 0 Å². The lowest BCUT2D eigenvalue weighted by Gasteiger charge is -2.11. The summed E-state index contributed by atoms with van der Waals surface area (Å²) in [6, 6.07) is -0.941. The monoisotopic (exact) mass is 289 g/mol. The summed E-state index contributed by atoms with van der Waals surface area (Å²) >= 11 is 3.34. The summed E-state index contributed by atoms with van der Waals surface area (Å²) in [5, 5.41) is 15.3. The maximum Gasteiger partial charge on any atom is 0.326 e. The van der Waals surface area contributed by atoms with Gasteiger partial charge < -0.3 is 10.4 Å². The Morgan fingerprint density at radius 1 is 1.75 bits per heavy atom. The number of carbonyl (C=O) groups excluding carboxylic acids is 1. The van der Waals surface area contributed by atoms with E-state index in [1.54, 1.807) is 11.7 Å². The molecule has 6 nitrogen and oxygen atoms in total. The first kappa shape index (κ1) is 12.7. The first-order valence-corrected chi connectivity index (χ1v) is 5.37. The fraction of sp³-hybridized carbons (Fsp3) is 0.444. The Kier molecular flexibility index (Phi) is 4.05. The molecule has 0 aliphatic heterocycles. The van der Waals surface area contributed by atoms with Gasteiger partial charge in [-0.3, -0.25) is 9.48 Å². The standard InChI is InChI=1S/C9H12BrN3O3/c1-5-8(10)7(13(2)12-5)3-6(9(15)16)11-4-14/h4,6H,3H2,1-2H3,(H,11,14)(H,15,16). The topological polar surface area (TPSA) is 84.2 Å². The van der Waals surface area contributed by atoms with Gasteiger partial charge in [-0.15, -0.1) is 0 Å². The van der Waals surface area contributed by atoms with Crippen LogP contribution < -0.4 is 5.32 Å². The van der Waals surface area contributed by atoms with E-state index in [2.05, 4.69) is 26.3 Å². The number of aryl methyl sites for hydroxylation is 2. The van der Waals surface area contributed by atoms with Gasteiger partial charge in [0.2, 0.25) is 6.41 Å². The third-order valence-corrected chi connectivity index (χ3v) is 3.26. The number of nitrogens with zero attached hydrogens (tertiary/aromatic N) is 2. The molecule has 0 saturated heterocycles. The summed E-state index contributed by atoms with van der Waals surface area (Å²) in [4.78, 5) is 21.1. The zero-order chi connectivity index (χ0) is 12.3. The minimum absolute atomic E-state index is 0.187. The molecule has 0 aliphatic carbocycles. The van der Waals surface area contributed by atoms with Gasteiger partial charge in [-0.1, -0.05) is 0 Å². The van der Waals surface area contributed by atoms with E-state index in [-0.39, 0.29) is 6.42 Å². The normalized spacial score (nSPS) is 12.2. The maximum atomic E-state index is 10.9. The zero-order valence-electron chi connectivity index (χ0n) is 8.90. The van der Waals surface area contributed by atoms with Gasteiger partial charge in [0.1, 0.15) is 6.04 Å². The number of aliphatic carboxylic acids is 1. The Morgan fingerprint density at radius 3 is 2.75 bits per heavy atom. The molecule has 1 amide bonds. The molecule has 1 heterocycles. The maximum absolute atomic E-state index is 10.9. The van der Waals surface area contributed by atoms with Crippen molar-refractivity contribution in [3.05, 3.63) is 15.9 Å². The summed E-state index contributed by atoms with van der Waals surface area (Å²) in [5.41, 5.74) is 1.52. The lowest BCUT2D eigenvalue weighted by atomic mass is 10.1. The van der Waals surface area contributed by atoms with E-state index >= 15 is 0 Å². The molecule has 0 bridgehead atoms. The average molecular weight is 290 g/mol. The summed E-state index contributed by atoms with van der Waals surface area (Å²) in [5.74, 6) is -1.07. The second-order valence-corrected chi connectivity index (χ2v) is 4.14. The Labute approximate surface area is 101 Å². The second kappa shape index (κ2) is 5.11. The van der Waals surface area contributed by atoms with Crippen LogP contribution in [0.2, 0.25) is 0 Å². The van der Waals surface area contributed by atoms with Crippen LogP contribution in [0.3, 0.4) is 0 Å². The molecule has 1 unspecified atom stereocenters. The van der Waals surface area contributed by atoms with E-state index in [0.29, 0.717) is 6.41 Å². The van der Waals surface area contributed by atoms with Crippen LogP contribution in [0.15, 0.2) is 4.47 Å². The lowest BCUT2D eigenvalue weighted by Crippen LogP contribution is -2.38. The van der Waals surface area contributed by atoms with Crippen LogP contribution in [0.4, 0.5) is 0 Å². The Hall–Kier alpha value is -1.37. The average Bonchev–Trinajstić information content (AvgIpc) is 2.43. The van der Waals surface area contributed by atoms with Crippen molar-refractivity contribution >= 4 is 28.3 Å². The van der Waals surface area contributed by atoms with E-state index in [9.17, 15) is 9.59 Å². The third kappa shape index (κ3) is 2.60.